The van der Waals surface area contributed by atoms with Crippen molar-refractivity contribution in [1.82, 2.24) is 4.98 Å². The summed E-state index contributed by atoms with van der Waals surface area (Å²) >= 11 is 0. The van der Waals surface area contributed by atoms with Crippen LogP contribution in [0.1, 0.15) is 0 Å². The van der Waals surface area contributed by atoms with Crippen molar-refractivity contribution in [2.45, 2.75) is 13.1 Å². The molecule has 2 aliphatic heterocycles. The number of pyridine rings is 1. The normalized spacial score (nSPS) is 13.6. The predicted molar refractivity (Wildman–Crippen MR) is 174 cm³/mol. The monoisotopic (exact) mass is 576 g/mol. The van der Waals surface area contributed by atoms with Gasteiger partial charge < -0.3 is 19.1 Å². The van der Waals surface area contributed by atoms with Gasteiger partial charge in [-0.3, -0.25) is 4.98 Å². The Bertz CT molecular complexity index is 1990. The number of aromatic nitrogens is 1. The van der Waals surface area contributed by atoms with Crippen molar-refractivity contribution in [3.05, 3.63) is 134 Å². The van der Waals surface area contributed by atoms with Crippen molar-refractivity contribution >= 4 is 35.5 Å². The van der Waals surface area contributed by atoms with E-state index in [0.29, 0.717) is 23.0 Å². The molecule has 8 rings (SSSR count). The minimum atomic E-state index is -2.06. The lowest BCUT2D eigenvalue weighted by molar-refractivity contribution is 0.360. The Labute approximate surface area is 251 Å². The Morgan fingerprint density at radius 1 is 0.512 bits per heavy atom. The molecule has 0 aliphatic carbocycles. The van der Waals surface area contributed by atoms with Crippen LogP contribution >= 0.6 is 0 Å². The molecule has 6 heteroatoms. The summed E-state index contributed by atoms with van der Waals surface area (Å²) < 4.78 is 19.7. The highest BCUT2D eigenvalue weighted by molar-refractivity contribution is 7.01. The maximum atomic E-state index is 6.77. The third kappa shape index (κ3) is 4.18. The number of hydrogen-bond donors (Lipinski definition) is 0. The maximum Gasteiger partial charge on any atom is 0.194 e. The van der Waals surface area contributed by atoms with E-state index in [0.717, 1.165) is 39.8 Å². The van der Waals surface area contributed by atoms with Gasteiger partial charge in [0.05, 0.1) is 17.1 Å². The van der Waals surface area contributed by atoms with Gasteiger partial charge in [0.1, 0.15) is 13.8 Å². The highest BCUT2D eigenvalue weighted by atomic mass is 28.3. The molecule has 208 valence electrons. The molecule has 43 heavy (non-hydrogen) atoms. The van der Waals surface area contributed by atoms with Gasteiger partial charge in [-0.1, -0.05) is 79.8 Å². The van der Waals surface area contributed by atoms with Crippen molar-refractivity contribution < 1.29 is 14.2 Å². The lowest BCUT2D eigenvalue weighted by Gasteiger charge is -2.37. The van der Waals surface area contributed by atoms with E-state index < -0.39 is 8.07 Å². The predicted octanol–water partition coefficient (Wildman–Crippen LogP) is 9.04. The lowest BCUT2D eigenvalue weighted by Crippen LogP contribution is -2.56. The molecule has 0 amide bonds. The topological polar surface area (TPSA) is 43.8 Å². The molecule has 5 nitrogen and oxygen atoms in total. The van der Waals surface area contributed by atoms with E-state index in [1.807, 2.05) is 66.9 Å². The molecule has 5 aromatic carbocycles. The average Bonchev–Trinajstić information content (AvgIpc) is 3.05. The highest BCUT2D eigenvalue weighted by Gasteiger charge is 2.38. The van der Waals surface area contributed by atoms with E-state index in [4.69, 9.17) is 14.2 Å². The molecule has 0 radical (unpaired) electrons. The number of benzene rings is 5. The van der Waals surface area contributed by atoms with Gasteiger partial charge in [0.15, 0.2) is 28.7 Å². The summed E-state index contributed by atoms with van der Waals surface area (Å²) in [7, 11) is -2.06. The van der Waals surface area contributed by atoms with Crippen LogP contribution in [-0.2, 0) is 0 Å². The fraction of sp³-hybridized carbons (Fsp3) is 0.0541. The maximum absolute atomic E-state index is 6.77. The Hall–Kier alpha value is -5.33. The molecule has 0 fully saturated rings. The summed E-state index contributed by atoms with van der Waals surface area (Å²) in [6.07, 6.45) is 1.82. The second-order valence-electron chi connectivity index (χ2n) is 11.2. The van der Waals surface area contributed by atoms with Crippen LogP contribution in [0.25, 0.3) is 11.3 Å². The van der Waals surface area contributed by atoms with Gasteiger partial charge in [-0.15, -0.1) is 0 Å². The summed E-state index contributed by atoms with van der Waals surface area (Å²) in [5.41, 5.74) is 4.73. The van der Waals surface area contributed by atoms with Crippen LogP contribution in [0, 0.1) is 0 Å². The standard InChI is InChI=1S/C37H28N2O3Si/c1-43(2)34-18-6-5-16-32(34)42-37-29(13-10-19-35(37)43)39(26-22-20-25(21-23-26)27-11-7-8-24-38-27)28-12-9-17-33-36(28)41-31-15-4-3-14-30(31)40-33/h3-24H,1-2H3. The zero-order chi connectivity index (χ0) is 29.0. The summed E-state index contributed by atoms with van der Waals surface area (Å²) in [5, 5.41) is 2.56. The second-order valence-corrected chi connectivity index (χ2v) is 15.6. The largest absolute Gasteiger partial charge is 0.455 e. The Kier molecular flexibility index (Phi) is 5.84. The van der Waals surface area contributed by atoms with E-state index in [1.165, 1.54) is 10.4 Å². The molecule has 3 heterocycles. The first-order chi connectivity index (χ1) is 21.1. The second kappa shape index (κ2) is 9.89. The van der Waals surface area contributed by atoms with Gasteiger partial charge >= 0.3 is 0 Å². The first kappa shape index (κ1) is 25.4. The van der Waals surface area contributed by atoms with E-state index >= 15 is 0 Å². The number of fused-ring (bicyclic) bond motifs is 4. The quantitative estimate of drug-likeness (QED) is 0.196. The molecular weight excluding hydrogens is 549 g/mol. The van der Waals surface area contributed by atoms with Crippen molar-refractivity contribution in [1.29, 1.82) is 0 Å². The molecule has 1 aromatic heterocycles. The summed E-state index contributed by atoms with van der Waals surface area (Å²) in [5.74, 6) is 4.50. The summed E-state index contributed by atoms with van der Waals surface area (Å²) in [6, 6.07) is 43.1. The third-order valence-corrected chi connectivity index (χ3v) is 11.7. The molecular formula is C37H28N2O3Si. The van der Waals surface area contributed by atoms with Gasteiger partial charge in [-0.05, 0) is 71.0 Å². The molecule has 0 N–H and O–H groups in total. The molecule has 0 unspecified atom stereocenters. The molecule has 0 saturated heterocycles. The number of hydrogen-bond acceptors (Lipinski definition) is 5. The van der Waals surface area contributed by atoms with Crippen molar-refractivity contribution in [2.75, 3.05) is 4.90 Å². The van der Waals surface area contributed by atoms with E-state index in [-0.39, 0.29) is 0 Å². The fourth-order valence-electron chi connectivity index (χ4n) is 6.06. The SMILES string of the molecule is C[Si]1(C)c2ccccc2Oc2c(N(c3ccc(-c4ccccn4)cc3)c3cccc4c3Oc3ccccc3O4)cccc21. The highest BCUT2D eigenvalue weighted by Crippen LogP contribution is 2.53. The summed E-state index contributed by atoms with van der Waals surface area (Å²) in [4.78, 5) is 6.77. The van der Waals surface area contributed by atoms with Gasteiger partial charge in [-0.25, -0.2) is 0 Å². The Morgan fingerprint density at radius 2 is 1.12 bits per heavy atom. The number of nitrogens with zero attached hydrogens (tertiary/aromatic N) is 2. The molecule has 0 atom stereocenters. The smallest absolute Gasteiger partial charge is 0.194 e. The van der Waals surface area contributed by atoms with E-state index in [2.05, 4.69) is 89.7 Å². The number of ether oxygens (including phenoxy) is 3. The van der Waals surface area contributed by atoms with Crippen LogP contribution in [-0.4, -0.2) is 13.1 Å². The van der Waals surface area contributed by atoms with Gasteiger partial charge in [0.2, 0.25) is 0 Å². The fourth-order valence-corrected chi connectivity index (χ4v) is 8.87. The number of rotatable bonds is 4. The number of anilines is 3. The minimum Gasteiger partial charge on any atom is -0.455 e. The van der Waals surface area contributed by atoms with E-state index in [1.54, 1.807) is 0 Å². The first-order valence-corrected chi connectivity index (χ1v) is 17.4. The third-order valence-electron chi connectivity index (χ3n) is 8.25. The Morgan fingerprint density at radius 3 is 1.88 bits per heavy atom. The summed E-state index contributed by atoms with van der Waals surface area (Å²) in [6.45, 7) is 4.78. The van der Waals surface area contributed by atoms with Crippen LogP contribution in [0.4, 0.5) is 17.1 Å². The van der Waals surface area contributed by atoms with Crippen LogP contribution < -0.4 is 29.5 Å². The molecule has 0 spiro atoms. The van der Waals surface area contributed by atoms with Crippen LogP contribution in [0.15, 0.2) is 134 Å². The van der Waals surface area contributed by atoms with Gasteiger partial charge in [0, 0.05) is 17.4 Å². The van der Waals surface area contributed by atoms with Gasteiger partial charge in [0.25, 0.3) is 0 Å². The first-order valence-electron chi connectivity index (χ1n) is 14.4. The molecule has 2 aliphatic rings. The van der Waals surface area contributed by atoms with Gasteiger partial charge in [-0.2, -0.15) is 0 Å². The zero-order valence-electron chi connectivity index (χ0n) is 23.8. The van der Waals surface area contributed by atoms with Crippen molar-refractivity contribution in [2.24, 2.45) is 0 Å². The van der Waals surface area contributed by atoms with Crippen LogP contribution in [0.5, 0.6) is 34.5 Å². The molecule has 0 saturated carbocycles. The van der Waals surface area contributed by atoms with Crippen molar-refractivity contribution in [3.8, 4) is 45.8 Å². The van der Waals surface area contributed by atoms with Crippen LogP contribution in [0.2, 0.25) is 13.1 Å². The molecule has 6 aromatic rings. The average molecular weight is 577 g/mol. The molecule has 0 bridgehead atoms. The number of para-hydroxylation sites is 5. The minimum absolute atomic E-state index is 0.653. The van der Waals surface area contributed by atoms with Crippen molar-refractivity contribution in [3.63, 3.8) is 0 Å². The lowest BCUT2D eigenvalue weighted by atomic mass is 10.1. The Balaban J connectivity index is 1.33. The zero-order valence-corrected chi connectivity index (χ0v) is 24.8. The van der Waals surface area contributed by atoms with Crippen LogP contribution in [0.3, 0.4) is 0 Å². The van der Waals surface area contributed by atoms with E-state index in [9.17, 15) is 0 Å².